The molecule has 1 spiro atoms. The van der Waals surface area contributed by atoms with E-state index in [9.17, 15) is 4.79 Å². The Labute approximate surface area is 162 Å². The zero-order chi connectivity index (χ0) is 17.8. The molecule has 0 aromatic heterocycles. The molecule has 0 saturated heterocycles. The summed E-state index contributed by atoms with van der Waals surface area (Å²) in [6, 6.07) is 2.45. The third-order valence-electron chi connectivity index (χ3n) is 7.89. The highest BCUT2D eigenvalue weighted by Gasteiger charge is 2.75. The number of methoxy groups -OCH3 is 1. The number of Topliss-reactive ketones (excluding diaryl/α,β-unsaturated/α-hetero) is 1. The number of carbonyl (C=O) groups is 1. The van der Waals surface area contributed by atoms with Crippen molar-refractivity contribution in [2.75, 3.05) is 13.7 Å². The minimum Gasteiger partial charge on any atom is -0.493 e. The molecule has 1 aromatic rings. The van der Waals surface area contributed by atoms with E-state index < -0.39 is 0 Å². The minimum absolute atomic E-state index is 0.0431. The summed E-state index contributed by atoms with van der Waals surface area (Å²) < 4.78 is 13.1. The van der Waals surface area contributed by atoms with Crippen LogP contribution in [0.2, 0.25) is 0 Å². The molecular formula is C21H24BrNO3. The largest absolute Gasteiger partial charge is 0.493 e. The number of halogens is 1. The van der Waals surface area contributed by atoms with Crippen LogP contribution in [0, 0.1) is 11.8 Å². The molecule has 6 rings (SSSR count). The fourth-order valence-corrected chi connectivity index (χ4v) is 7.68. The Balaban J connectivity index is 1.58. The Morgan fingerprint density at radius 2 is 2.15 bits per heavy atom. The number of nitrogens with one attached hydrogen (secondary N) is 1. The molecule has 1 N–H and O–H groups in total. The molecule has 26 heavy (non-hydrogen) atoms. The lowest BCUT2D eigenvalue weighted by molar-refractivity contribution is -0.132. The molecule has 5 aliphatic rings. The summed E-state index contributed by atoms with van der Waals surface area (Å²) in [5.41, 5.74) is 2.52. The number of ketones is 1. The van der Waals surface area contributed by atoms with Gasteiger partial charge in [0.1, 0.15) is 0 Å². The number of ether oxygens (including phenoxy) is 2. The van der Waals surface area contributed by atoms with Crippen LogP contribution in [0.4, 0.5) is 0 Å². The molecule has 4 aliphatic carbocycles. The van der Waals surface area contributed by atoms with Gasteiger partial charge < -0.3 is 14.8 Å². The smallest absolute Gasteiger partial charge is 0.174 e. The second kappa shape index (κ2) is 4.85. The zero-order valence-corrected chi connectivity index (χ0v) is 16.8. The summed E-state index contributed by atoms with van der Waals surface area (Å²) in [6.07, 6.45) is 5.02. The van der Waals surface area contributed by atoms with E-state index in [0.717, 1.165) is 41.3 Å². The molecular weight excluding hydrogens is 394 g/mol. The molecule has 4 nitrogen and oxygen atoms in total. The molecule has 4 unspecified atom stereocenters. The normalized spacial score (nSPS) is 41.3. The van der Waals surface area contributed by atoms with E-state index in [2.05, 4.69) is 28.2 Å². The summed E-state index contributed by atoms with van der Waals surface area (Å²) in [6.45, 7) is 3.51. The van der Waals surface area contributed by atoms with Crippen molar-refractivity contribution < 1.29 is 14.3 Å². The topological polar surface area (TPSA) is 47.6 Å². The molecule has 138 valence electrons. The van der Waals surface area contributed by atoms with Gasteiger partial charge in [-0.2, -0.15) is 0 Å². The van der Waals surface area contributed by atoms with Gasteiger partial charge in [-0.3, -0.25) is 4.79 Å². The number of rotatable bonds is 4. The van der Waals surface area contributed by atoms with Crippen LogP contribution in [0.5, 0.6) is 11.5 Å². The quantitative estimate of drug-likeness (QED) is 0.814. The number of hydrogen-bond acceptors (Lipinski definition) is 4. The standard InChI is InChI=1S/C21H24BrNO3/c1-20-9-21-11(18(20)23-8-10-3-4-10)5-6-13(24)19(21)26-17-14(25-2)7-12(22)15(20)16(17)21/h7,10-11,18-19,23H,3-6,8-9H2,1-2H3/t11?,18?,19?,20?,21-/m1/s1. The number of benzene rings is 1. The van der Waals surface area contributed by atoms with Gasteiger partial charge in [-0.25, -0.2) is 0 Å². The van der Waals surface area contributed by atoms with Crippen LogP contribution < -0.4 is 14.8 Å². The molecule has 1 heterocycles. The second-order valence-electron chi connectivity index (χ2n) is 9.21. The van der Waals surface area contributed by atoms with Crippen molar-refractivity contribution in [3.05, 3.63) is 21.7 Å². The minimum atomic E-state index is -0.326. The van der Waals surface area contributed by atoms with E-state index in [-0.39, 0.29) is 22.7 Å². The first-order valence-corrected chi connectivity index (χ1v) is 10.6. The van der Waals surface area contributed by atoms with Crippen LogP contribution in [-0.4, -0.2) is 31.6 Å². The summed E-state index contributed by atoms with van der Waals surface area (Å²) in [4.78, 5) is 12.9. The van der Waals surface area contributed by atoms with Crippen LogP contribution in [0.15, 0.2) is 10.5 Å². The average Bonchev–Trinajstić information content (AvgIpc) is 3.24. The monoisotopic (exact) mass is 417 g/mol. The first-order chi connectivity index (χ1) is 12.5. The zero-order valence-electron chi connectivity index (χ0n) is 15.2. The van der Waals surface area contributed by atoms with Gasteiger partial charge in [0, 0.05) is 33.3 Å². The summed E-state index contributed by atoms with van der Waals surface area (Å²) in [7, 11) is 1.68. The van der Waals surface area contributed by atoms with Gasteiger partial charge in [-0.15, -0.1) is 0 Å². The van der Waals surface area contributed by atoms with E-state index in [0.29, 0.717) is 18.4 Å². The predicted octanol–water partition coefficient (Wildman–Crippen LogP) is 3.48. The maximum Gasteiger partial charge on any atom is 0.174 e. The highest BCUT2D eigenvalue weighted by atomic mass is 79.9. The number of fused-ring (bicyclic) bond motifs is 2. The predicted molar refractivity (Wildman–Crippen MR) is 101 cm³/mol. The van der Waals surface area contributed by atoms with Crippen molar-refractivity contribution in [3.63, 3.8) is 0 Å². The Morgan fingerprint density at radius 3 is 2.88 bits per heavy atom. The van der Waals surface area contributed by atoms with Gasteiger partial charge in [0.05, 0.1) is 7.11 Å². The molecule has 0 amide bonds. The molecule has 2 bridgehead atoms. The van der Waals surface area contributed by atoms with Crippen molar-refractivity contribution in [3.8, 4) is 11.5 Å². The molecule has 5 atom stereocenters. The molecule has 1 aliphatic heterocycles. The molecule has 1 aromatic carbocycles. The Bertz CT molecular complexity index is 850. The van der Waals surface area contributed by atoms with Crippen molar-refractivity contribution in [2.45, 2.75) is 62.0 Å². The van der Waals surface area contributed by atoms with Crippen LogP contribution in [0.1, 0.15) is 50.2 Å². The van der Waals surface area contributed by atoms with Gasteiger partial charge in [-0.1, -0.05) is 22.9 Å². The summed E-state index contributed by atoms with van der Waals surface area (Å²) in [5, 5.41) is 3.95. The first-order valence-electron chi connectivity index (χ1n) is 9.85. The van der Waals surface area contributed by atoms with Crippen molar-refractivity contribution in [1.82, 2.24) is 5.32 Å². The van der Waals surface area contributed by atoms with Gasteiger partial charge in [-0.05, 0) is 55.7 Å². The summed E-state index contributed by atoms with van der Waals surface area (Å²) >= 11 is 3.83. The van der Waals surface area contributed by atoms with E-state index >= 15 is 0 Å². The van der Waals surface area contributed by atoms with Crippen molar-refractivity contribution >= 4 is 21.7 Å². The van der Waals surface area contributed by atoms with Gasteiger partial charge in [0.15, 0.2) is 23.4 Å². The SMILES string of the molecule is COc1cc(Br)c2c3c1OC1C(=O)CCC4C(NCC5CC5)C2(C)C[C@@]314. The third-order valence-corrected chi connectivity index (χ3v) is 8.51. The fourth-order valence-electron chi connectivity index (χ4n) is 6.82. The fraction of sp³-hybridized carbons (Fsp3) is 0.667. The van der Waals surface area contributed by atoms with E-state index in [1.54, 1.807) is 7.11 Å². The molecule has 5 heteroatoms. The average molecular weight is 418 g/mol. The maximum absolute atomic E-state index is 12.9. The number of hydrogen-bond donors (Lipinski definition) is 1. The lowest BCUT2D eigenvalue weighted by Crippen LogP contribution is -2.56. The molecule has 3 saturated carbocycles. The van der Waals surface area contributed by atoms with Gasteiger partial charge in [0.2, 0.25) is 0 Å². The lowest BCUT2D eigenvalue weighted by Gasteiger charge is -2.45. The van der Waals surface area contributed by atoms with Crippen LogP contribution >= 0.6 is 15.9 Å². The highest BCUT2D eigenvalue weighted by molar-refractivity contribution is 9.10. The third kappa shape index (κ3) is 1.64. The lowest BCUT2D eigenvalue weighted by atomic mass is 9.60. The highest BCUT2D eigenvalue weighted by Crippen LogP contribution is 2.73. The second-order valence-corrected chi connectivity index (χ2v) is 10.1. The van der Waals surface area contributed by atoms with Crippen molar-refractivity contribution in [2.24, 2.45) is 11.8 Å². The van der Waals surface area contributed by atoms with Crippen LogP contribution in [0.25, 0.3) is 0 Å². The van der Waals surface area contributed by atoms with Crippen molar-refractivity contribution in [1.29, 1.82) is 0 Å². The Hall–Kier alpha value is -1.07. The van der Waals surface area contributed by atoms with Gasteiger partial charge in [0.25, 0.3) is 0 Å². The Morgan fingerprint density at radius 1 is 1.35 bits per heavy atom. The maximum atomic E-state index is 12.9. The first kappa shape index (κ1) is 15.9. The van der Waals surface area contributed by atoms with Crippen LogP contribution in [0.3, 0.4) is 0 Å². The van der Waals surface area contributed by atoms with Crippen LogP contribution in [-0.2, 0) is 15.6 Å². The van der Waals surface area contributed by atoms with E-state index in [1.165, 1.54) is 24.0 Å². The summed E-state index contributed by atoms with van der Waals surface area (Å²) in [5.74, 6) is 3.19. The van der Waals surface area contributed by atoms with E-state index in [1.807, 2.05) is 6.07 Å². The van der Waals surface area contributed by atoms with Gasteiger partial charge >= 0.3 is 0 Å². The number of carbonyl (C=O) groups excluding carboxylic acids is 1. The molecule has 3 fully saturated rings. The van der Waals surface area contributed by atoms with E-state index in [4.69, 9.17) is 9.47 Å². The Kier molecular flexibility index (Phi) is 2.97. The molecule has 0 radical (unpaired) electrons.